The van der Waals surface area contributed by atoms with Gasteiger partial charge in [-0.3, -0.25) is 0 Å². The van der Waals surface area contributed by atoms with Crippen molar-refractivity contribution < 1.29 is 8.78 Å². The predicted molar refractivity (Wildman–Crippen MR) is 55.1 cm³/mol. The summed E-state index contributed by atoms with van der Waals surface area (Å²) in [5.74, 6) is -3.10. The highest BCUT2D eigenvalue weighted by molar-refractivity contribution is 5.85. The molecule has 0 radical (unpaired) electrons. The third-order valence-electron chi connectivity index (χ3n) is 3.49. The van der Waals surface area contributed by atoms with Crippen molar-refractivity contribution in [3.63, 3.8) is 0 Å². The number of halogens is 3. The molecule has 1 aliphatic heterocycles. The first-order valence-corrected chi connectivity index (χ1v) is 5.30. The molecule has 1 heterocycles. The zero-order valence-electron chi connectivity index (χ0n) is 8.27. The van der Waals surface area contributed by atoms with Crippen molar-refractivity contribution >= 4 is 12.4 Å². The van der Waals surface area contributed by atoms with Gasteiger partial charge in [0.1, 0.15) is 0 Å². The molecule has 1 aliphatic carbocycles. The number of nitrogens with one attached hydrogen (secondary N) is 1. The van der Waals surface area contributed by atoms with Crippen LogP contribution in [0.15, 0.2) is 0 Å². The Balaban J connectivity index is 0.000000980. The molecule has 0 aromatic carbocycles. The van der Waals surface area contributed by atoms with E-state index >= 15 is 0 Å². The van der Waals surface area contributed by atoms with Crippen LogP contribution >= 0.6 is 12.4 Å². The van der Waals surface area contributed by atoms with Crippen LogP contribution in [-0.2, 0) is 0 Å². The number of piperidine rings is 1. The molecule has 0 aromatic heterocycles. The minimum Gasteiger partial charge on any atom is -0.316 e. The van der Waals surface area contributed by atoms with Gasteiger partial charge in [-0.15, -0.1) is 12.4 Å². The quantitative estimate of drug-likeness (QED) is 0.762. The van der Waals surface area contributed by atoms with E-state index in [1.807, 2.05) is 0 Å². The molecule has 84 valence electrons. The lowest BCUT2D eigenvalue weighted by molar-refractivity contribution is -0.137. The summed E-state index contributed by atoms with van der Waals surface area (Å²) >= 11 is 0. The topological polar surface area (TPSA) is 12.0 Å². The van der Waals surface area contributed by atoms with E-state index < -0.39 is 11.8 Å². The summed E-state index contributed by atoms with van der Waals surface area (Å²) in [5, 5.41) is 3.06. The summed E-state index contributed by atoms with van der Waals surface area (Å²) < 4.78 is 27.4. The van der Waals surface area contributed by atoms with E-state index in [2.05, 4.69) is 5.32 Å². The van der Waals surface area contributed by atoms with Crippen molar-refractivity contribution in [2.45, 2.75) is 38.0 Å². The molecule has 1 nitrogen and oxygen atoms in total. The molecule has 2 fully saturated rings. The molecule has 0 aromatic rings. The first-order valence-electron chi connectivity index (χ1n) is 5.30. The summed E-state index contributed by atoms with van der Waals surface area (Å²) in [6, 6.07) is 0. The Labute approximate surface area is 90.0 Å². The zero-order chi connectivity index (χ0) is 9.31. The summed E-state index contributed by atoms with van der Waals surface area (Å²) in [6.45, 7) is 1.43. The second-order valence-electron chi connectivity index (χ2n) is 4.35. The van der Waals surface area contributed by atoms with E-state index in [0.29, 0.717) is 13.0 Å². The van der Waals surface area contributed by atoms with Crippen LogP contribution in [0.2, 0.25) is 0 Å². The average molecular weight is 226 g/mol. The zero-order valence-corrected chi connectivity index (χ0v) is 9.09. The van der Waals surface area contributed by atoms with Crippen molar-refractivity contribution in [3.05, 3.63) is 0 Å². The molecule has 0 spiro atoms. The molecule has 2 rings (SSSR count). The van der Waals surface area contributed by atoms with Gasteiger partial charge in [0.05, 0.1) is 0 Å². The highest BCUT2D eigenvalue weighted by Gasteiger charge is 2.48. The van der Waals surface area contributed by atoms with Gasteiger partial charge in [0.15, 0.2) is 0 Å². The predicted octanol–water partition coefficient (Wildman–Crippen LogP) is 2.84. The van der Waals surface area contributed by atoms with Crippen molar-refractivity contribution in [1.29, 1.82) is 0 Å². The molecule has 1 saturated heterocycles. The van der Waals surface area contributed by atoms with Crippen LogP contribution in [0.1, 0.15) is 32.1 Å². The summed E-state index contributed by atoms with van der Waals surface area (Å²) in [5.41, 5.74) is 0. The standard InChI is InChI=1S/C10H17F2N.ClH/c11-10(12,8-3-1-4-8)9-5-2-6-13-7-9;/h8-9,13H,1-7H2;1H. The van der Waals surface area contributed by atoms with Crippen LogP contribution in [-0.4, -0.2) is 19.0 Å². The summed E-state index contributed by atoms with van der Waals surface area (Å²) in [4.78, 5) is 0. The maximum Gasteiger partial charge on any atom is 0.254 e. The Bertz CT molecular complexity index is 177. The Hall–Kier alpha value is 0.110. The lowest BCUT2D eigenvalue weighted by Gasteiger charge is -2.40. The first kappa shape index (κ1) is 12.2. The van der Waals surface area contributed by atoms with Crippen LogP contribution in [0.5, 0.6) is 0 Å². The highest BCUT2D eigenvalue weighted by atomic mass is 35.5. The van der Waals surface area contributed by atoms with Gasteiger partial charge in [-0.1, -0.05) is 6.42 Å². The van der Waals surface area contributed by atoms with Gasteiger partial charge >= 0.3 is 0 Å². The minimum absolute atomic E-state index is 0. The average Bonchev–Trinajstić information content (AvgIpc) is 2.02. The van der Waals surface area contributed by atoms with E-state index in [1.165, 1.54) is 0 Å². The molecule has 1 atom stereocenters. The van der Waals surface area contributed by atoms with Crippen LogP contribution in [0.25, 0.3) is 0 Å². The fourth-order valence-corrected chi connectivity index (χ4v) is 2.31. The Morgan fingerprint density at radius 2 is 1.64 bits per heavy atom. The molecule has 1 saturated carbocycles. The fraction of sp³-hybridized carbons (Fsp3) is 1.00. The van der Waals surface area contributed by atoms with Gasteiger partial charge in [0.25, 0.3) is 5.92 Å². The lowest BCUT2D eigenvalue weighted by Crippen LogP contribution is -2.47. The van der Waals surface area contributed by atoms with Gasteiger partial charge in [0.2, 0.25) is 0 Å². The first-order chi connectivity index (χ1) is 6.21. The lowest BCUT2D eigenvalue weighted by atomic mass is 9.74. The Kier molecular flexibility index (Phi) is 4.14. The van der Waals surface area contributed by atoms with E-state index in [-0.39, 0.29) is 18.3 Å². The van der Waals surface area contributed by atoms with Crippen molar-refractivity contribution in [2.75, 3.05) is 13.1 Å². The van der Waals surface area contributed by atoms with Crippen molar-refractivity contribution in [3.8, 4) is 0 Å². The molecule has 4 heteroatoms. The second-order valence-corrected chi connectivity index (χ2v) is 4.35. The van der Waals surface area contributed by atoms with Crippen LogP contribution in [0, 0.1) is 11.8 Å². The van der Waals surface area contributed by atoms with E-state index in [0.717, 1.165) is 32.2 Å². The molecule has 1 unspecified atom stereocenters. The largest absolute Gasteiger partial charge is 0.316 e. The van der Waals surface area contributed by atoms with Gasteiger partial charge in [-0.2, -0.15) is 0 Å². The van der Waals surface area contributed by atoms with Gasteiger partial charge in [-0.05, 0) is 32.2 Å². The number of hydrogen-bond donors (Lipinski definition) is 1. The Morgan fingerprint density at radius 3 is 2.07 bits per heavy atom. The third kappa shape index (κ3) is 2.19. The van der Waals surface area contributed by atoms with Gasteiger partial charge in [0, 0.05) is 18.4 Å². The highest BCUT2D eigenvalue weighted by Crippen LogP contribution is 2.45. The number of alkyl halides is 2. The second kappa shape index (κ2) is 4.75. The van der Waals surface area contributed by atoms with E-state index in [4.69, 9.17) is 0 Å². The summed E-state index contributed by atoms with van der Waals surface area (Å²) in [6.07, 6.45) is 4.09. The molecule has 1 N–H and O–H groups in total. The molecule has 14 heavy (non-hydrogen) atoms. The smallest absolute Gasteiger partial charge is 0.254 e. The monoisotopic (exact) mass is 225 g/mol. The van der Waals surface area contributed by atoms with E-state index in [9.17, 15) is 8.78 Å². The normalized spacial score (nSPS) is 29.1. The van der Waals surface area contributed by atoms with Gasteiger partial charge in [-0.25, -0.2) is 8.78 Å². The summed E-state index contributed by atoms with van der Waals surface area (Å²) in [7, 11) is 0. The SMILES string of the molecule is Cl.FC(F)(C1CCC1)C1CCCNC1. The van der Waals surface area contributed by atoms with Crippen molar-refractivity contribution in [1.82, 2.24) is 5.32 Å². The van der Waals surface area contributed by atoms with Crippen LogP contribution in [0.4, 0.5) is 8.78 Å². The molecule has 0 bridgehead atoms. The number of rotatable bonds is 2. The molecule has 2 aliphatic rings. The maximum atomic E-state index is 13.7. The molecule has 0 amide bonds. The number of hydrogen-bond acceptors (Lipinski definition) is 1. The van der Waals surface area contributed by atoms with Crippen LogP contribution in [0.3, 0.4) is 0 Å². The van der Waals surface area contributed by atoms with Crippen LogP contribution < -0.4 is 5.32 Å². The third-order valence-corrected chi connectivity index (χ3v) is 3.49. The Morgan fingerprint density at radius 1 is 1.00 bits per heavy atom. The van der Waals surface area contributed by atoms with Crippen molar-refractivity contribution in [2.24, 2.45) is 11.8 Å². The molecular weight excluding hydrogens is 208 g/mol. The van der Waals surface area contributed by atoms with Gasteiger partial charge < -0.3 is 5.32 Å². The van der Waals surface area contributed by atoms with E-state index in [1.54, 1.807) is 0 Å². The maximum absolute atomic E-state index is 13.7. The molecular formula is C10H18ClF2N. The fourth-order valence-electron chi connectivity index (χ4n) is 2.31. The minimum atomic E-state index is -2.40.